The molecule has 1 nitrogen and oxygen atoms in total. The molecule has 0 aliphatic heterocycles. The van der Waals surface area contributed by atoms with Crippen molar-refractivity contribution in [3.05, 3.63) is 0 Å². The largest absolute Gasteiger partial charge is 0.393 e. The molecule has 0 heterocycles. The molecule has 0 aromatic rings. The molecule has 11 heavy (non-hydrogen) atoms. The van der Waals surface area contributed by atoms with Crippen LogP contribution in [0.4, 0.5) is 0 Å². The lowest BCUT2D eigenvalue weighted by Gasteiger charge is -2.40. The zero-order chi connectivity index (χ0) is 8.28. The fraction of sp³-hybridized carbons (Fsp3) is 1.00. The minimum Gasteiger partial charge on any atom is -0.393 e. The van der Waals surface area contributed by atoms with Crippen molar-refractivity contribution in [1.82, 2.24) is 0 Å². The topological polar surface area (TPSA) is 20.2 Å². The summed E-state index contributed by atoms with van der Waals surface area (Å²) < 4.78 is 0. The lowest BCUT2D eigenvalue weighted by atomic mass is 9.66. The quantitative estimate of drug-likeness (QED) is 0.567. The molecule has 64 valence electrons. The smallest absolute Gasteiger partial charge is 0.0574 e. The van der Waals surface area contributed by atoms with Crippen LogP contribution >= 0.6 is 0 Å². The van der Waals surface area contributed by atoms with Gasteiger partial charge in [0.15, 0.2) is 0 Å². The third kappa shape index (κ3) is 0.807. The second kappa shape index (κ2) is 1.82. The van der Waals surface area contributed by atoms with E-state index in [4.69, 9.17) is 0 Å². The standard InChI is InChI=1S/C10H18O/c1-9(2)4-7-5-10(9,3)6-8(7)11/h7-8,11H,4-6H2,1-3H3/t7-,8-,10+/m1/s1. The summed E-state index contributed by atoms with van der Waals surface area (Å²) in [4.78, 5) is 0. The molecule has 0 aromatic carbocycles. The van der Waals surface area contributed by atoms with Crippen LogP contribution in [0.2, 0.25) is 0 Å². The monoisotopic (exact) mass is 154 g/mol. The van der Waals surface area contributed by atoms with E-state index in [2.05, 4.69) is 20.8 Å². The van der Waals surface area contributed by atoms with Gasteiger partial charge >= 0.3 is 0 Å². The molecular weight excluding hydrogens is 136 g/mol. The third-order valence-corrected chi connectivity index (χ3v) is 4.32. The maximum Gasteiger partial charge on any atom is 0.0574 e. The average Bonchev–Trinajstić information content (AvgIpc) is 2.16. The van der Waals surface area contributed by atoms with Crippen molar-refractivity contribution in [2.24, 2.45) is 16.7 Å². The zero-order valence-electron chi connectivity index (χ0n) is 7.72. The fourth-order valence-corrected chi connectivity index (χ4v) is 3.09. The van der Waals surface area contributed by atoms with Crippen molar-refractivity contribution < 1.29 is 5.11 Å². The minimum absolute atomic E-state index is 0.00743. The summed E-state index contributed by atoms with van der Waals surface area (Å²) in [5, 5.41) is 9.62. The Kier molecular flexibility index (Phi) is 1.26. The molecule has 0 amide bonds. The van der Waals surface area contributed by atoms with Crippen LogP contribution < -0.4 is 0 Å². The molecule has 3 atom stereocenters. The molecule has 2 saturated carbocycles. The van der Waals surface area contributed by atoms with Crippen LogP contribution in [0.5, 0.6) is 0 Å². The number of fused-ring (bicyclic) bond motifs is 2. The van der Waals surface area contributed by atoms with Gasteiger partial charge in [0, 0.05) is 0 Å². The van der Waals surface area contributed by atoms with Gasteiger partial charge in [0.1, 0.15) is 0 Å². The molecule has 2 aliphatic rings. The van der Waals surface area contributed by atoms with E-state index < -0.39 is 0 Å². The maximum atomic E-state index is 9.62. The molecule has 0 saturated heterocycles. The van der Waals surface area contributed by atoms with E-state index in [1.165, 1.54) is 12.8 Å². The van der Waals surface area contributed by atoms with Crippen LogP contribution in [0.1, 0.15) is 40.0 Å². The molecule has 2 bridgehead atoms. The van der Waals surface area contributed by atoms with Crippen molar-refractivity contribution >= 4 is 0 Å². The van der Waals surface area contributed by atoms with E-state index in [-0.39, 0.29) is 6.10 Å². The van der Waals surface area contributed by atoms with Crippen molar-refractivity contribution in [2.45, 2.75) is 46.1 Å². The predicted molar refractivity (Wildman–Crippen MR) is 45.2 cm³/mol. The van der Waals surface area contributed by atoms with Crippen LogP contribution in [0.15, 0.2) is 0 Å². The second-order valence-corrected chi connectivity index (χ2v) is 5.38. The summed E-state index contributed by atoms with van der Waals surface area (Å²) in [7, 11) is 0. The molecule has 2 fully saturated rings. The fourth-order valence-electron chi connectivity index (χ4n) is 3.09. The van der Waals surface area contributed by atoms with Crippen LogP contribution in [-0.2, 0) is 0 Å². The molecule has 1 N–H and O–H groups in total. The van der Waals surface area contributed by atoms with Gasteiger partial charge in [-0.15, -0.1) is 0 Å². The Labute approximate surface area is 68.8 Å². The lowest BCUT2D eigenvalue weighted by molar-refractivity contribution is 0.0278. The summed E-state index contributed by atoms with van der Waals surface area (Å²) in [5.74, 6) is 0.606. The highest BCUT2D eigenvalue weighted by Crippen LogP contribution is 2.63. The Hall–Kier alpha value is -0.0400. The van der Waals surface area contributed by atoms with Gasteiger partial charge in [0.05, 0.1) is 6.10 Å². The first kappa shape index (κ1) is 7.60. The summed E-state index contributed by atoms with van der Waals surface area (Å²) in [6.07, 6.45) is 3.52. The Morgan fingerprint density at radius 1 is 1.09 bits per heavy atom. The van der Waals surface area contributed by atoms with E-state index in [9.17, 15) is 5.11 Å². The highest BCUT2D eigenvalue weighted by molar-refractivity contribution is 5.07. The van der Waals surface area contributed by atoms with Crippen molar-refractivity contribution in [1.29, 1.82) is 0 Å². The van der Waals surface area contributed by atoms with Gasteiger partial charge in [-0.1, -0.05) is 20.8 Å². The van der Waals surface area contributed by atoms with Crippen LogP contribution in [-0.4, -0.2) is 11.2 Å². The first-order chi connectivity index (χ1) is 4.95. The number of rotatable bonds is 0. The minimum atomic E-state index is 0.00743. The van der Waals surface area contributed by atoms with E-state index in [1.807, 2.05) is 0 Å². The summed E-state index contributed by atoms with van der Waals surface area (Å²) in [6, 6.07) is 0. The Balaban J connectivity index is 2.29. The van der Waals surface area contributed by atoms with E-state index in [0.29, 0.717) is 16.7 Å². The molecular formula is C10H18O. The van der Waals surface area contributed by atoms with Gasteiger partial charge in [-0.2, -0.15) is 0 Å². The van der Waals surface area contributed by atoms with Gasteiger partial charge < -0.3 is 5.11 Å². The summed E-state index contributed by atoms with van der Waals surface area (Å²) >= 11 is 0. The third-order valence-electron chi connectivity index (χ3n) is 4.32. The van der Waals surface area contributed by atoms with Crippen LogP contribution in [0.25, 0.3) is 0 Å². The van der Waals surface area contributed by atoms with E-state index >= 15 is 0 Å². The first-order valence-corrected chi connectivity index (χ1v) is 4.63. The van der Waals surface area contributed by atoms with Gasteiger partial charge in [-0.05, 0) is 36.0 Å². The molecule has 2 aliphatic carbocycles. The predicted octanol–water partition coefficient (Wildman–Crippen LogP) is 2.19. The Morgan fingerprint density at radius 3 is 2.00 bits per heavy atom. The summed E-state index contributed by atoms with van der Waals surface area (Å²) in [5.41, 5.74) is 0.897. The highest BCUT2D eigenvalue weighted by Gasteiger charge is 2.57. The number of aliphatic hydroxyl groups excluding tert-OH is 1. The van der Waals surface area contributed by atoms with Crippen LogP contribution in [0.3, 0.4) is 0 Å². The van der Waals surface area contributed by atoms with E-state index in [0.717, 1.165) is 6.42 Å². The van der Waals surface area contributed by atoms with Crippen molar-refractivity contribution in [3.8, 4) is 0 Å². The van der Waals surface area contributed by atoms with Gasteiger partial charge in [0.2, 0.25) is 0 Å². The highest BCUT2D eigenvalue weighted by atomic mass is 16.3. The Bertz CT molecular complexity index is 179. The number of hydrogen-bond donors (Lipinski definition) is 1. The molecule has 0 aromatic heterocycles. The van der Waals surface area contributed by atoms with Gasteiger partial charge in [-0.3, -0.25) is 0 Å². The molecule has 0 radical (unpaired) electrons. The summed E-state index contributed by atoms with van der Waals surface area (Å²) in [6.45, 7) is 7.03. The average molecular weight is 154 g/mol. The first-order valence-electron chi connectivity index (χ1n) is 4.63. The van der Waals surface area contributed by atoms with Crippen molar-refractivity contribution in [3.63, 3.8) is 0 Å². The molecule has 1 heteroatoms. The van der Waals surface area contributed by atoms with E-state index in [1.54, 1.807) is 0 Å². The van der Waals surface area contributed by atoms with Gasteiger partial charge in [0.25, 0.3) is 0 Å². The SMILES string of the molecule is CC1(C)C[C@@H]2C[C@@]1(C)C[C@H]2O. The maximum absolute atomic E-state index is 9.62. The van der Waals surface area contributed by atoms with Gasteiger partial charge in [-0.25, -0.2) is 0 Å². The lowest BCUT2D eigenvalue weighted by Crippen LogP contribution is -2.34. The second-order valence-electron chi connectivity index (χ2n) is 5.38. The van der Waals surface area contributed by atoms with Crippen molar-refractivity contribution in [2.75, 3.05) is 0 Å². The zero-order valence-corrected chi connectivity index (χ0v) is 7.72. The molecule has 0 spiro atoms. The number of hydrogen-bond acceptors (Lipinski definition) is 1. The van der Waals surface area contributed by atoms with Crippen LogP contribution in [0, 0.1) is 16.7 Å². The number of aliphatic hydroxyl groups is 1. The normalized spacial score (nSPS) is 53.5. The molecule has 0 unspecified atom stereocenters. The Morgan fingerprint density at radius 2 is 1.73 bits per heavy atom. The molecule has 2 rings (SSSR count).